The molecule has 0 amide bonds. The zero-order valence-corrected chi connectivity index (χ0v) is 11.2. The predicted octanol–water partition coefficient (Wildman–Crippen LogP) is 1.00. The third kappa shape index (κ3) is 3.16. The van der Waals surface area contributed by atoms with Crippen LogP contribution in [0.15, 0.2) is 12.4 Å². The highest BCUT2D eigenvalue weighted by atomic mass is 15.2. The van der Waals surface area contributed by atoms with Crippen molar-refractivity contribution in [3.05, 3.63) is 29.9 Å². The van der Waals surface area contributed by atoms with Crippen molar-refractivity contribution < 1.29 is 0 Å². The molecule has 2 aromatic rings. The van der Waals surface area contributed by atoms with Crippen LogP contribution in [0, 0.1) is 6.92 Å². The van der Waals surface area contributed by atoms with Gasteiger partial charge in [0.05, 0.1) is 6.54 Å². The molecule has 98 valence electrons. The first-order valence-electron chi connectivity index (χ1n) is 6.25. The zero-order chi connectivity index (χ0) is 13.0. The molecular formula is C12H20N6. The third-order valence-corrected chi connectivity index (χ3v) is 2.96. The highest BCUT2D eigenvalue weighted by molar-refractivity contribution is 4.90. The molecule has 0 radical (unpaired) electrons. The summed E-state index contributed by atoms with van der Waals surface area (Å²) in [6.07, 6.45) is 4.71. The van der Waals surface area contributed by atoms with Crippen LogP contribution >= 0.6 is 0 Å². The smallest absolute Gasteiger partial charge is 0.150 e. The Labute approximate surface area is 107 Å². The zero-order valence-electron chi connectivity index (χ0n) is 11.2. The lowest BCUT2D eigenvalue weighted by molar-refractivity contribution is 0.303. The van der Waals surface area contributed by atoms with E-state index >= 15 is 0 Å². The van der Waals surface area contributed by atoms with Gasteiger partial charge in [-0.2, -0.15) is 5.10 Å². The molecule has 0 bridgehead atoms. The van der Waals surface area contributed by atoms with Gasteiger partial charge in [-0.1, -0.05) is 6.92 Å². The predicted molar refractivity (Wildman–Crippen MR) is 69.1 cm³/mol. The number of aromatic nitrogens is 5. The minimum atomic E-state index is 0.792. The van der Waals surface area contributed by atoms with Gasteiger partial charge in [-0.05, 0) is 14.0 Å². The van der Waals surface area contributed by atoms with E-state index in [4.69, 9.17) is 0 Å². The van der Waals surface area contributed by atoms with E-state index in [1.807, 2.05) is 19.3 Å². The average Bonchev–Trinajstić information content (AvgIpc) is 2.96. The molecule has 6 nitrogen and oxygen atoms in total. The monoisotopic (exact) mass is 248 g/mol. The summed E-state index contributed by atoms with van der Waals surface area (Å²) < 4.78 is 2.15. The van der Waals surface area contributed by atoms with Gasteiger partial charge in [0.2, 0.25) is 0 Å². The highest BCUT2D eigenvalue weighted by Crippen LogP contribution is 2.00. The Morgan fingerprint density at radius 1 is 1.44 bits per heavy atom. The topological polar surface area (TPSA) is 62.6 Å². The summed E-state index contributed by atoms with van der Waals surface area (Å²) >= 11 is 0. The summed E-state index contributed by atoms with van der Waals surface area (Å²) in [6, 6.07) is 0. The van der Waals surface area contributed by atoms with Crippen molar-refractivity contribution in [1.29, 1.82) is 0 Å². The van der Waals surface area contributed by atoms with Crippen LogP contribution in [-0.2, 0) is 19.5 Å². The highest BCUT2D eigenvalue weighted by Gasteiger charge is 2.06. The average molecular weight is 248 g/mol. The molecule has 0 saturated heterocycles. The first-order valence-corrected chi connectivity index (χ1v) is 6.25. The van der Waals surface area contributed by atoms with Crippen LogP contribution in [0.4, 0.5) is 0 Å². The van der Waals surface area contributed by atoms with E-state index in [0.717, 1.165) is 43.5 Å². The Kier molecular flexibility index (Phi) is 4.09. The van der Waals surface area contributed by atoms with E-state index < -0.39 is 0 Å². The second kappa shape index (κ2) is 5.77. The minimum Gasteiger partial charge on any atom is -0.334 e. The van der Waals surface area contributed by atoms with Gasteiger partial charge in [-0.3, -0.25) is 10.00 Å². The molecule has 0 aliphatic heterocycles. The van der Waals surface area contributed by atoms with Crippen LogP contribution in [0.2, 0.25) is 0 Å². The van der Waals surface area contributed by atoms with Crippen LogP contribution < -0.4 is 0 Å². The largest absolute Gasteiger partial charge is 0.334 e. The lowest BCUT2D eigenvalue weighted by Gasteiger charge is -2.15. The SMILES string of the molecule is CCc1n[nH]c(CN(C)CCn2ccnc2C)n1. The van der Waals surface area contributed by atoms with Gasteiger partial charge < -0.3 is 4.57 Å². The number of hydrogen-bond donors (Lipinski definition) is 1. The van der Waals surface area contributed by atoms with E-state index in [-0.39, 0.29) is 0 Å². The molecule has 2 rings (SSSR count). The van der Waals surface area contributed by atoms with Crippen LogP contribution in [0.25, 0.3) is 0 Å². The first kappa shape index (κ1) is 12.8. The summed E-state index contributed by atoms with van der Waals surface area (Å²) in [5.74, 6) is 2.86. The number of hydrogen-bond acceptors (Lipinski definition) is 4. The van der Waals surface area contributed by atoms with Gasteiger partial charge in [-0.15, -0.1) is 0 Å². The lowest BCUT2D eigenvalue weighted by atomic mass is 10.4. The summed E-state index contributed by atoms with van der Waals surface area (Å²) in [5.41, 5.74) is 0. The second-order valence-electron chi connectivity index (χ2n) is 4.46. The molecule has 0 fully saturated rings. The van der Waals surface area contributed by atoms with Crippen molar-refractivity contribution in [2.75, 3.05) is 13.6 Å². The lowest BCUT2D eigenvalue weighted by Crippen LogP contribution is -2.23. The molecule has 2 aromatic heterocycles. The summed E-state index contributed by atoms with van der Waals surface area (Å²) in [6.45, 7) is 6.76. The maximum atomic E-state index is 4.40. The first-order chi connectivity index (χ1) is 8.69. The Hall–Kier alpha value is -1.69. The van der Waals surface area contributed by atoms with Crippen molar-refractivity contribution in [2.24, 2.45) is 0 Å². The van der Waals surface area contributed by atoms with Crippen molar-refractivity contribution in [3.63, 3.8) is 0 Å². The van der Waals surface area contributed by atoms with Crippen LogP contribution in [0.3, 0.4) is 0 Å². The van der Waals surface area contributed by atoms with Crippen LogP contribution in [-0.4, -0.2) is 43.2 Å². The molecule has 0 aromatic carbocycles. The van der Waals surface area contributed by atoms with Crippen molar-refractivity contribution in [1.82, 2.24) is 29.6 Å². The molecule has 6 heteroatoms. The van der Waals surface area contributed by atoms with Crippen molar-refractivity contribution in [3.8, 4) is 0 Å². The van der Waals surface area contributed by atoms with E-state index in [1.165, 1.54) is 0 Å². The number of rotatable bonds is 6. The fourth-order valence-corrected chi connectivity index (χ4v) is 1.82. The van der Waals surface area contributed by atoms with Gasteiger partial charge in [0.1, 0.15) is 17.5 Å². The Bertz CT molecular complexity index is 486. The Morgan fingerprint density at radius 3 is 2.89 bits per heavy atom. The number of imidazole rings is 1. The summed E-state index contributed by atoms with van der Waals surface area (Å²) in [7, 11) is 2.08. The number of likely N-dealkylation sites (N-methyl/N-ethyl adjacent to an activating group) is 1. The Morgan fingerprint density at radius 2 is 2.28 bits per heavy atom. The van der Waals surface area contributed by atoms with E-state index in [9.17, 15) is 0 Å². The maximum absolute atomic E-state index is 4.40. The molecule has 0 atom stereocenters. The summed E-state index contributed by atoms with van der Waals surface area (Å²) in [4.78, 5) is 10.8. The molecule has 18 heavy (non-hydrogen) atoms. The van der Waals surface area contributed by atoms with Crippen LogP contribution in [0.1, 0.15) is 24.4 Å². The van der Waals surface area contributed by atoms with E-state index in [0.29, 0.717) is 0 Å². The molecule has 2 heterocycles. The van der Waals surface area contributed by atoms with Gasteiger partial charge >= 0.3 is 0 Å². The third-order valence-electron chi connectivity index (χ3n) is 2.96. The molecule has 0 unspecified atom stereocenters. The fourth-order valence-electron chi connectivity index (χ4n) is 1.82. The van der Waals surface area contributed by atoms with Crippen molar-refractivity contribution in [2.45, 2.75) is 33.4 Å². The molecule has 0 aliphatic carbocycles. The van der Waals surface area contributed by atoms with Gasteiger partial charge in [-0.25, -0.2) is 9.97 Å². The quantitative estimate of drug-likeness (QED) is 0.828. The van der Waals surface area contributed by atoms with E-state index in [2.05, 4.69) is 43.6 Å². The van der Waals surface area contributed by atoms with Gasteiger partial charge in [0.15, 0.2) is 0 Å². The second-order valence-corrected chi connectivity index (χ2v) is 4.46. The maximum Gasteiger partial charge on any atom is 0.150 e. The summed E-state index contributed by atoms with van der Waals surface area (Å²) in [5, 5.41) is 7.10. The molecule has 0 spiro atoms. The normalized spacial score (nSPS) is 11.3. The number of nitrogens with zero attached hydrogens (tertiary/aromatic N) is 5. The van der Waals surface area contributed by atoms with Gasteiger partial charge in [0, 0.05) is 31.9 Å². The molecule has 0 aliphatic rings. The number of H-pyrrole nitrogens is 1. The molecular weight excluding hydrogens is 228 g/mol. The fraction of sp³-hybridized carbons (Fsp3) is 0.583. The molecule has 0 saturated carbocycles. The number of aryl methyl sites for hydroxylation is 2. The van der Waals surface area contributed by atoms with Crippen LogP contribution in [0.5, 0.6) is 0 Å². The van der Waals surface area contributed by atoms with Crippen molar-refractivity contribution >= 4 is 0 Å². The Balaban J connectivity index is 1.81. The standard InChI is InChI=1S/C12H20N6/c1-4-11-14-12(16-15-11)9-17(3)7-8-18-6-5-13-10(18)2/h5-6H,4,7-9H2,1-3H3,(H,14,15,16). The molecule has 1 N–H and O–H groups in total. The number of aromatic amines is 1. The number of nitrogens with one attached hydrogen (secondary N) is 1. The minimum absolute atomic E-state index is 0.792. The van der Waals surface area contributed by atoms with E-state index in [1.54, 1.807) is 0 Å². The van der Waals surface area contributed by atoms with Gasteiger partial charge in [0.25, 0.3) is 0 Å².